The SMILES string of the molecule is C1CCC(=NCCOCCOCCN=C2CCCCC2)CC1. The van der Waals surface area contributed by atoms with E-state index in [9.17, 15) is 0 Å². The van der Waals surface area contributed by atoms with Crippen LogP contribution >= 0.6 is 0 Å². The zero-order valence-corrected chi connectivity index (χ0v) is 14.0. The molecule has 4 heteroatoms. The number of nitrogens with zero attached hydrogens (tertiary/aromatic N) is 2. The van der Waals surface area contributed by atoms with Crippen molar-refractivity contribution in [1.82, 2.24) is 0 Å². The molecule has 0 aromatic carbocycles. The van der Waals surface area contributed by atoms with Crippen LogP contribution in [0.5, 0.6) is 0 Å². The summed E-state index contributed by atoms with van der Waals surface area (Å²) in [5.41, 5.74) is 2.79. The first-order valence-electron chi connectivity index (χ1n) is 9.15. The Morgan fingerprint density at radius 2 is 0.955 bits per heavy atom. The molecule has 2 aliphatic rings. The molecule has 0 radical (unpaired) electrons. The minimum atomic E-state index is 0.668. The maximum absolute atomic E-state index is 5.55. The average Bonchev–Trinajstić information content (AvgIpc) is 2.58. The van der Waals surface area contributed by atoms with Gasteiger partial charge in [0.25, 0.3) is 0 Å². The Morgan fingerprint density at radius 3 is 1.36 bits per heavy atom. The van der Waals surface area contributed by atoms with Crippen LogP contribution in [0.25, 0.3) is 0 Å². The molecule has 0 atom stereocenters. The van der Waals surface area contributed by atoms with E-state index in [0.29, 0.717) is 13.2 Å². The maximum atomic E-state index is 5.55. The Bertz CT molecular complexity index is 303. The van der Waals surface area contributed by atoms with Gasteiger partial charge in [-0.15, -0.1) is 0 Å². The number of hydrogen-bond donors (Lipinski definition) is 0. The van der Waals surface area contributed by atoms with E-state index in [2.05, 4.69) is 9.98 Å². The Hall–Kier alpha value is -0.740. The summed E-state index contributed by atoms with van der Waals surface area (Å²) in [5, 5.41) is 0. The average molecular weight is 308 g/mol. The lowest BCUT2D eigenvalue weighted by Gasteiger charge is -2.12. The molecule has 0 unspecified atom stereocenters. The fourth-order valence-electron chi connectivity index (χ4n) is 3.09. The molecular formula is C18H32N2O2. The summed E-state index contributed by atoms with van der Waals surface area (Å²) in [7, 11) is 0. The summed E-state index contributed by atoms with van der Waals surface area (Å²) in [6, 6.07) is 0. The van der Waals surface area contributed by atoms with Crippen LogP contribution in [0.3, 0.4) is 0 Å². The summed E-state index contributed by atoms with van der Waals surface area (Å²) in [4.78, 5) is 9.23. The van der Waals surface area contributed by atoms with Gasteiger partial charge in [-0.25, -0.2) is 0 Å². The molecule has 0 aromatic heterocycles. The van der Waals surface area contributed by atoms with Crippen molar-refractivity contribution >= 4 is 11.4 Å². The van der Waals surface area contributed by atoms with Gasteiger partial charge < -0.3 is 9.47 Å². The predicted molar refractivity (Wildman–Crippen MR) is 92.4 cm³/mol. The predicted octanol–water partition coefficient (Wildman–Crippen LogP) is 3.83. The van der Waals surface area contributed by atoms with Crippen LogP contribution < -0.4 is 0 Å². The molecule has 22 heavy (non-hydrogen) atoms. The van der Waals surface area contributed by atoms with Crippen LogP contribution in [0.15, 0.2) is 9.98 Å². The van der Waals surface area contributed by atoms with Gasteiger partial charge in [-0.05, 0) is 51.4 Å². The Balaban J connectivity index is 1.36. The van der Waals surface area contributed by atoms with Crippen molar-refractivity contribution in [2.45, 2.75) is 64.2 Å². The molecule has 0 aromatic rings. The molecule has 2 rings (SSSR count). The zero-order chi connectivity index (χ0) is 15.3. The second-order valence-electron chi connectivity index (χ2n) is 6.24. The molecule has 0 heterocycles. The lowest BCUT2D eigenvalue weighted by Crippen LogP contribution is -2.11. The minimum absolute atomic E-state index is 0.668. The molecule has 0 saturated heterocycles. The molecular weight excluding hydrogens is 276 g/mol. The number of hydrogen-bond acceptors (Lipinski definition) is 4. The highest BCUT2D eigenvalue weighted by atomic mass is 16.5. The van der Waals surface area contributed by atoms with Crippen LogP contribution in [0.2, 0.25) is 0 Å². The molecule has 4 nitrogen and oxygen atoms in total. The van der Waals surface area contributed by atoms with Crippen molar-refractivity contribution in [3.63, 3.8) is 0 Å². The molecule has 0 amide bonds. The van der Waals surface area contributed by atoms with Gasteiger partial charge in [0.1, 0.15) is 0 Å². The standard InChI is InChI=1S/C18H32N2O2/c1-3-7-17(8-4-1)19-11-13-21-15-16-22-14-12-20-18-9-5-2-6-10-18/h1-16H2. The van der Waals surface area contributed by atoms with Crippen molar-refractivity contribution in [3.8, 4) is 0 Å². The number of rotatable bonds is 9. The summed E-state index contributed by atoms with van der Waals surface area (Å²) >= 11 is 0. The first-order valence-corrected chi connectivity index (χ1v) is 9.15. The molecule has 2 saturated carbocycles. The van der Waals surface area contributed by atoms with E-state index < -0.39 is 0 Å². The summed E-state index contributed by atoms with van der Waals surface area (Å²) in [6.07, 6.45) is 12.8. The zero-order valence-electron chi connectivity index (χ0n) is 14.0. The summed E-state index contributed by atoms with van der Waals surface area (Å²) in [6.45, 7) is 4.39. The second-order valence-corrected chi connectivity index (χ2v) is 6.24. The first-order chi connectivity index (χ1) is 10.9. The molecule has 0 spiro atoms. The third-order valence-electron chi connectivity index (χ3n) is 4.38. The smallest absolute Gasteiger partial charge is 0.0701 e. The highest BCUT2D eigenvalue weighted by Gasteiger charge is 2.06. The fraction of sp³-hybridized carbons (Fsp3) is 0.889. The van der Waals surface area contributed by atoms with Crippen LogP contribution in [-0.2, 0) is 9.47 Å². The Labute approximate surface area is 135 Å². The molecule has 2 aliphatic carbocycles. The van der Waals surface area contributed by atoms with E-state index in [1.165, 1.54) is 75.6 Å². The quantitative estimate of drug-likeness (QED) is 0.608. The molecule has 0 aliphatic heterocycles. The molecule has 0 N–H and O–H groups in total. The number of aliphatic imine (C=N–C) groups is 2. The Morgan fingerprint density at radius 1 is 0.545 bits per heavy atom. The van der Waals surface area contributed by atoms with Gasteiger partial charge in [0.05, 0.1) is 39.5 Å². The topological polar surface area (TPSA) is 43.2 Å². The van der Waals surface area contributed by atoms with E-state index in [-0.39, 0.29) is 0 Å². The van der Waals surface area contributed by atoms with E-state index in [4.69, 9.17) is 9.47 Å². The lowest BCUT2D eigenvalue weighted by atomic mass is 9.99. The monoisotopic (exact) mass is 308 g/mol. The van der Waals surface area contributed by atoms with Gasteiger partial charge >= 0.3 is 0 Å². The van der Waals surface area contributed by atoms with Crippen LogP contribution in [0.1, 0.15) is 64.2 Å². The van der Waals surface area contributed by atoms with Gasteiger partial charge in [0.15, 0.2) is 0 Å². The second kappa shape index (κ2) is 11.8. The fourth-order valence-corrected chi connectivity index (χ4v) is 3.09. The van der Waals surface area contributed by atoms with Crippen molar-refractivity contribution in [2.24, 2.45) is 9.98 Å². The van der Waals surface area contributed by atoms with Crippen molar-refractivity contribution in [2.75, 3.05) is 39.5 Å². The van der Waals surface area contributed by atoms with Gasteiger partial charge in [-0.2, -0.15) is 0 Å². The first kappa shape index (κ1) is 17.6. The highest BCUT2D eigenvalue weighted by molar-refractivity contribution is 5.85. The molecule has 2 fully saturated rings. The van der Waals surface area contributed by atoms with Gasteiger partial charge in [0.2, 0.25) is 0 Å². The van der Waals surface area contributed by atoms with E-state index >= 15 is 0 Å². The highest BCUT2D eigenvalue weighted by Crippen LogP contribution is 2.15. The van der Waals surface area contributed by atoms with Crippen molar-refractivity contribution in [1.29, 1.82) is 0 Å². The summed E-state index contributed by atoms with van der Waals surface area (Å²) < 4.78 is 11.1. The lowest BCUT2D eigenvalue weighted by molar-refractivity contribution is 0.0540. The van der Waals surface area contributed by atoms with Crippen LogP contribution in [0, 0.1) is 0 Å². The Kier molecular flexibility index (Phi) is 9.43. The third-order valence-corrected chi connectivity index (χ3v) is 4.38. The molecule has 0 bridgehead atoms. The largest absolute Gasteiger partial charge is 0.377 e. The van der Waals surface area contributed by atoms with E-state index in [0.717, 1.165) is 26.3 Å². The van der Waals surface area contributed by atoms with Gasteiger partial charge in [0, 0.05) is 11.4 Å². The summed E-state index contributed by atoms with van der Waals surface area (Å²) in [5.74, 6) is 0. The molecule has 126 valence electrons. The number of ether oxygens (including phenoxy) is 2. The third kappa shape index (κ3) is 8.04. The van der Waals surface area contributed by atoms with E-state index in [1.807, 2.05) is 0 Å². The normalized spacial score (nSPS) is 19.3. The van der Waals surface area contributed by atoms with Crippen LogP contribution in [0.4, 0.5) is 0 Å². The van der Waals surface area contributed by atoms with Gasteiger partial charge in [-0.3, -0.25) is 9.98 Å². The van der Waals surface area contributed by atoms with Crippen molar-refractivity contribution < 1.29 is 9.47 Å². The van der Waals surface area contributed by atoms with E-state index in [1.54, 1.807) is 0 Å². The minimum Gasteiger partial charge on any atom is -0.377 e. The van der Waals surface area contributed by atoms with Crippen molar-refractivity contribution in [3.05, 3.63) is 0 Å². The maximum Gasteiger partial charge on any atom is 0.0701 e. The van der Waals surface area contributed by atoms with Crippen LogP contribution in [-0.4, -0.2) is 50.9 Å². The van der Waals surface area contributed by atoms with Gasteiger partial charge in [-0.1, -0.05) is 12.8 Å².